The lowest BCUT2D eigenvalue weighted by Gasteiger charge is -2.14. The van der Waals surface area contributed by atoms with Crippen molar-refractivity contribution >= 4 is 28.6 Å². The van der Waals surface area contributed by atoms with Gasteiger partial charge in [0.15, 0.2) is 0 Å². The predicted octanol–water partition coefficient (Wildman–Crippen LogP) is 2.66. The summed E-state index contributed by atoms with van der Waals surface area (Å²) in [6.45, 7) is 7.97. The van der Waals surface area contributed by atoms with Crippen LogP contribution in [0.3, 0.4) is 0 Å². The van der Waals surface area contributed by atoms with Crippen LogP contribution in [0.2, 0.25) is 0 Å². The lowest BCUT2D eigenvalue weighted by Crippen LogP contribution is -2.18. The Morgan fingerprint density at radius 2 is 2.08 bits per heavy atom. The third kappa shape index (κ3) is 5.94. The zero-order chi connectivity index (χ0) is 9.56. The van der Waals surface area contributed by atoms with E-state index in [1.807, 2.05) is 6.92 Å². The normalized spacial score (nSPS) is 13.4. The van der Waals surface area contributed by atoms with E-state index in [0.29, 0.717) is 5.78 Å². The Balaban J connectivity index is 3.46. The largest absolute Gasteiger partial charge is 0.300 e. The van der Waals surface area contributed by atoms with Gasteiger partial charge in [0.05, 0.1) is 0 Å². The van der Waals surface area contributed by atoms with E-state index in [9.17, 15) is 4.79 Å². The number of nitrogens with zero attached hydrogens (tertiary/aromatic N) is 1. The second kappa shape index (κ2) is 6.83. The van der Waals surface area contributed by atoms with E-state index in [0.717, 1.165) is 19.5 Å². The molecule has 0 bridgehead atoms. The Hall–Kier alpha value is 0.360. The third-order valence-electron chi connectivity index (χ3n) is 1.96. The van der Waals surface area contributed by atoms with Crippen molar-refractivity contribution in [1.29, 1.82) is 0 Å². The predicted molar refractivity (Wildman–Crippen MR) is 60.3 cm³/mol. The van der Waals surface area contributed by atoms with Gasteiger partial charge in [-0.1, -0.05) is 13.8 Å². The van der Waals surface area contributed by atoms with E-state index in [2.05, 4.69) is 32.9 Å². The molecule has 3 heteroatoms. The SMILES string of the molecule is CCCN(I)CCC(C)C(C)=O. The number of carbonyl (C=O) groups is 1. The van der Waals surface area contributed by atoms with E-state index >= 15 is 0 Å². The Morgan fingerprint density at radius 3 is 2.50 bits per heavy atom. The lowest BCUT2D eigenvalue weighted by molar-refractivity contribution is -0.120. The highest BCUT2D eigenvalue weighted by atomic mass is 127. The minimum absolute atomic E-state index is 0.221. The van der Waals surface area contributed by atoms with E-state index in [1.54, 1.807) is 6.92 Å². The maximum atomic E-state index is 10.9. The van der Waals surface area contributed by atoms with Gasteiger partial charge in [-0.25, -0.2) is 3.11 Å². The summed E-state index contributed by atoms with van der Waals surface area (Å²) in [7, 11) is 0. The number of halogens is 1. The van der Waals surface area contributed by atoms with E-state index in [-0.39, 0.29) is 5.92 Å². The van der Waals surface area contributed by atoms with Crippen LogP contribution >= 0.6 is 22.9 Å². The molecule has 0 aliphatic rings. The Kier molecular flexibility index (Phi) is 7.04. The second-order valence-corrected chi connectivity index (χ2v) is 4.57. The zero-order valence-corrected chi connectivity index (χ0v) is 10.3. The third-order valence-corrected chi connectivity index (χ3v) is 2.93. The monoisotopic (exact) mass is 283 g/mol. The average molecular weight is 283 g/mol. The molecule has 0 aliphatic carbocycles. The van der Waals surface area contributed by atoms with Crippen LogP contribution in [0, 0.1) is 5.92 Å². The van der Waals surface area contributed by atoms with Crippen molar-refractivity contribution in [2.45, 2.75) is 33.6 Å². The zero-order valence-electron chi connectivity index (χ0n) is 8.14. The van der Waals surface area contributed by atoms with Gasteiger partial charge in [-0.3, -0.25) is 4.79 Å². The fourth-order valence-corrected chi connectivity index (χ4v) is 1.65. The van der Waals surface area contributed by atoms with Crippen molar-refractivity contribution in [1.82, 2.24) is 3.11 Å². The average Bonchev–Trinajstić information content (AvgIpc) is 2.00. The molecular weight excluding hydrogens is 265 g/mol. The molecule has 0 aromatic carbocycles. The van der Waals surface area contributed by atoms with Crippen LogP contribution in [0.1, 0.15) is 33.6 Å². The minimum Gasteiger partial charge on any atom is -0.300 e. The first-order valence-electron chi connectivity index (χ1n) is 4.49. The first-order valence-corrected chi connectivity index (χ1v) is 5.45. The molecule has 0 aliphatic heterocycles. The molecule has 0 saturated heterocycles. The molecule has 1 unspecified atom stereocenters. The maximum Gasteiger partial charge on any atom is 0.132 e. The van der Waals surface area contributed by atoms with Gasteiger partial charge < -0.3 is 0 Å². The molecule has 72 valence electrons. The highest BCUT2D eigenvalue weighted by Gasteiger charge is 2.08. The molecule has 0 N–H and O–H groups in total. The maximum absolute atomic E-state index is 10.9. The van der Waals surface area contributed by atoms with Gasteiger partial charge in [0.2, 0.25) is 0 Å². The summed E-state index contributed by atoms with van der Waals surface area (Å²) in [5, 5.41) is 0. The lowest BCUT2D eigenvalue weighted by atomic mass is 10.0. The van der Waals surface area contributed by atoms with E-state index in [1.165, 1.54) is 6.42 Å². The summed E-state index contributed by atoms with van der Waals surface area (Å²) < 4.78 is 2.25. The molecule has 12 heavy (non-hydrogen) atoms. The first kappa shape index (κ1) is 12.4. The van der Waals surface area contributed by atoms with Gasteiger partial charge in [-0.05, 0) is 19.8 Å². The number of rotatable bonds is 6. The van der Waals surface area contributed by atoms with Crippen molar-refractivity contribution in [2.24, 2.45) is 5.92 Å². The van der Waals surface area contributed by atoms with Crippen molar-refractivity contribution in [3.8, 4) is 0 Å². The molecule has 0 spiro atoms. The molecule has 0 fully saturated rings. The summed E-state index contributed by atoms with van der Waals surface area (Å²) in [6.07, 6.45) is 2.16. The fourth-order valence-electron chi connectivity index (χ4n) is 0.891. The molecule has 0 aromatic rings. The first-order chi connectivity index (χ1) is 5.57. The molecule has 0 aromatic heterocycles. The Bertz CT molecular complexity index is 138. The number of ketones is 1. The fraction of sp³-hybridized carbons (Fsp3) is 0.889. The van der Waals surface area contributed by atoms with Crippen LogP contribution in [-0.2, 0) is 4.79 Å². The summed E-state index contributed by atoms with van der Waals surface area (Å²) in [5.41, 5.74) is 0. The van der Waals surface area contributed by atoms with Gasteiger partial charge in [-0.2, -0.15) is 0 Å². The summed E-state index contributed by atoms with van der Waals surface area (Å²) in [5.74, 6) is 0.524. The van der Waals surface area contributed by atoms with Crippen LogP contribution in [0.4, 0.5) is 0 Å². The van der Waals surface area contributed by atoms with Crippen LogP contribution < -0.4 is 0 Å². The summed E-state index contributed by atoms with van der Waals surface area (Å²) in [4.78, 5) is 10.9. The van der Waals surface area contributed by atoms with Crippen LogP contribution in [-0.4, -0.2) is 22.0 Å². The highest BCUT2D eigenvalue weighted by molar-refractivity contribution is 14.1. The number of hydrogen-bond acceptors (Lipinski definition) is 2. The van der Waals surface area contributed by atoms with Gasteiger partial charge in [0, 0.05) is 41.9 Å². The standard InChI is InChI=1S/C9H18INO/c1-4-6-11(10)7-5-8(2)9(3)12/h8H,4-7H2,1-3H3. The van der Waals surface area contributed by atoms with Crippen molar-refractivity contribution in [3.05, 3.63) is 0 Å². The van der Waals surface area contributed by atoms with Crippen molar-refractivity contribution < 1.29 is 4.79 Å². The van der Waals surface area contributed by atoms with Crippen molar-refractivity contribution in [3.63, 3.8) is 0 Å². The quantitative estimate of drug-likeness (QED) is 0.552. The molecule has 0 radical (unpaired) electrons. The van der Waals surface area contributed by atoms with Crippen LogP contribution in [0.25, 0.3) is 0 Å². The summed E-state index contributed by atoms with van der Waals surface area (Å²) in [6, 6.07) is 0. The van der Waals surface area contributed by atoms with Crippen molar-refractivity contribution in [2.75, 3.05) is 13.1 Å². The van der Waals surface area contributed by atoms with Gasteiger partial charge in [0.1, 0.15) is 5.78 Å². The van der Waals surface area contributed by atoms with Gasteiger partial charge >= 0.3 is 0 Å². The Labute approximate surface area is 89.2 Å². The molecule has 0 amide bonds. The number of hydrogen-bond donors (Lipinski definition) is 0. The van der Waals surface area contributed by atoms with E-state index in [4.69, 9.17) is 0 Å². The molecular formula is C9H18INO. The smallest absolute Gasteiger partial charge is 0.132 e. The molecule has 0 saturated carbocycles. The van der Waals surface area contributed by atoms with Crippen LogP contribution in [0.15, 0.2) is 0 Å². The van der Waals surface area contributed by atoms with Gasteiger partial charge in [-0.15, -0.1) is 0 Å². The van der Waals surface area contributed by atoms with E-state index < -0.39 is 0 Å². The number of carbonyl (C=O) groups excluding carboxylic acids is 1. The molecule has 1 atom stereocenters. The minimum atomic E-state index is 0.221. The highest BCUT2D eigenvalue weighted by Crippen LogP contribution is 2.08. The van der Waals surface area contributed by atoms with Crippen LogP contribution in [0.5, 0.6) is 0 Å². The molecule has 0 rings (SSSR count). The summed E-state index contributed by atoms with van der Waals surface area (Å²) >= 11 is 2.32. The molecule has 2 nitrogen and oxygen atoms in total. The second-order valence-electron chi connectivity index (χ2n) is 3.21. The topological polar surface area (TPSA) is 20.3 Å². The molecule has 0 heterocycles. The Morgan fingerprint density at radius 1 is 1.50 bits per heavy atom. The van der Waals surface area contributed by atoms with Gasteiger partial charge in [0.25, 0.3) is 0 Å². The number of Topliss-reactive ketones (excluding diaryl/α,β-unsaturated/α-hetero) is 1.